The van der Waals surface area contributed by atoms with Gasteiger partial charge in [-0.3, -0.25) is 9.36 Å². The number of nitrogens with zero attached hydrogens (tertiary/aromatic N) is 4. The Morgan fingerprint density at radius 1 is 1.08 bits per heavy atom. The lowest BCUT2D eigenvalue weighted by molar-refractivity contribution is -0.147. The first kappa shape index (κ1) is 38.2. The summed E-state index contributed by atoms with van der Waals surface area (Å²) in [6, 6.07) is 22.9. The summed E-state index contributed by atoms with van der Waals surface area (Å²) < 4.78 is 32.7. The summed E-state index contributed by atoms with van der Waals surface area (Å²) >= 11 is 1.66. The molecular weight excluding hydrogens is 687 g/mol. The molecule has 12 nitrogen and oxygen atoms in total. The van der Waals surface area contributed by atoms with E-state index in [1.807, 2.05) is 104 Å². The van der Waals surface area contributed by atoms with E-state index in [1.165, 1.54) is 7.11 Å². The fourth-order valence-electron chi connectivity index (χ4n) is 5.89. The third-order valence-corrected chi connectivity index (χ3v) is 10.2. The van der Waals surface area contributed by atoms with Crippen LogP contribution in [0.2, 0.25) is 0 Å². The number of aryl methyl sites for hydroxylation is 1. The number of nitrogens with one attached hydrogen (secondary N) is 1. The number of rotatable bonds is 15. The number of benzene rings is 3. The van der Waals surface area contributed by atoms with E-state index in [9.17, 15) is 4.79 Å². The van der Waals surface area contributed by atoms with E-state index in [2.05, 4.69) is 27.0 Å². The number of esters is 1. The second kappa shape index (κ2) is 18.5. The lowest BCUT2D eigenvalue weighted by atomic mass is 10.1. The van der Waals surface area contributed by atoms with Crippen LogP contribution in [-0.2, 0) is 25.4 Å². The molecule has 2 aromatic heterocycles. The first-order valence-electron chi connectivity index (χ1n) is 17.1. The van der Waals surface area contributed by atoms with Crippen molar-refractivity contribution in [3.05, 3.63) is 84.2 Å². The molecule has 3 N–H and O–H groups in total. The highest BCUT2D eigenvalue weighted by Crippen LogP contribution is 2.43. The van der Waals surface area contributed by atoms with Gasteiger partial charge in [0.05, 0.1) is 19.8 Å². The first-order chi connectivity index (χ1) is 24.8. The minimum absolute atomic E-state index is 0.0941. The lowest BCUT2D eigenvalue weighted by Gasteiger charge is -2.25. The second-order valence-corrected chi connectivity index (χ2v) is 14.0. The van der Waals surface area contributed by atoms with Crippen molar-refractivity contribution in [2.45, 2.75) is 65.5 Å². The molecule has 1 saturated heterocycles. The van der Waals surface area contributed by atoms with Crippen molar-refractivity contribution in [3.8, 4) is 11.6 Å². The highest BCUT2D eigenvalue weighted by Gasteiger charge is 2.37. The van der Waals surface area contributed by atoms with Gasteiger partial charge in [0.1, 0.15) is 30.5 Å². The topological polar surface area (TPSA) is 145 Å². The number of carbonyl (C=O) groups excluding carboxylic acids is 1. The predicted octanol–water partition coefficient (Wildman–Crippen LogP) is 7.61. The number of hydrogen-bond acceptors (Lipinski definition) is 12. The Morgan fingerprint density at radius 3 is 2.59 bits per heavy atom. The minimum atomic E-state index is -1.81. The SMILES string of the molecule is CC.COc1nc(N)nc2c1nc(C)n2C1OC(COP(NC(CCSC)C(=O)OCc2ccccc2)Oc2cccc3ccccc23)CC1C. The van der Waals surface area contributed by atoms with Crippen LogP contribution >= 0.6 is 20.3 Å². The number of carbonyl (C=O) groups is 1. The first-order valence-corrected chi connectivity index (χ1v) is 19.7. The molecule has 0 saturated carbocycles. The molecule has 14 heteroatoms. The standard InChI is InChI=1S/C35H41N6O6PS.C2H6/c1-22-19-26(46-33(22)41-23(2)37-30-31(41)38-35(36)39-32(30)43-3)21-45-48(47-29-16-10-14-25-13-8-9-15-27(25)29)40-28(17-18-49-4)34(42)44-20-24-11-6-5-7-12-24;1-2/h5-16,22,26,28,33,40H,17-21H2,1-4H3,(H2,36,38,39);1-2H3. The fraction of sp³-hybridized carbons (Fsp3) is 0.405. The summed E-state index contributed by atoms with van der Waals surface area (Å²) in [4.78, 5) is 26.7. The largest absolute Gasteiger partial charge is 0.479 e. The van der Waals surface area contributed by atoms with Crippen LogP contribution in [0.15, 0.2) is 72.8 Å². The smallest absolute Gasteiger partial charge is 0.323 e. The van der Waals surface area contributed by atoms with Crippen LogP contribution in [0.1, 0.15) is 51.2 Å². The van der Waals surface area contributed by atoms with Crippen LogP contribution in [0.25, 0.3) is 21.9 Å². The summed E-state index contributed by atoms with van der Waals surface area (Å²) in [6.07, 6.45) is 2.63. The number of hydrogen-bond donors (Lipinski definition) is 2. The molecule has 3 heterocycles. The monoisotopic (exact) mass is 734 g/mol. The number of anilines is 1. The third-order valence-electron chi connectivity index (χ3n) is 8.29. The Morgan fingerprint density at radius 2 is 1.82 bits per heavy atom. The van der Waals surface area contributed by atoms with Crippen molar-refractivity contribution in [2.75, 3.05) is 31.5 Å². The maximum Gasteiger partial charge on any atom is 0.323 e. The van der Waals surface area contributed by atoms with Gasteiger partial charge >= 0.3 is 14.5 Å². The van der Waals surface area contributed by atoms with Crippen LogP contribution < -0.4 is 20.1 Å². The minimum Gasteiger partial charge on any atom is -0.479 e. The van der Waals surface area contributed by atoms with Crippen LogP contribution in [0, 0.1) is 12.8 Å². The lowest BCUT2D eigenvalue weighted by Crippen LogP contribution is -2.37. The molecule has 6 rings (SSSR count). The van der Waals surface area contributed by atoms with E-state index in [0.717, 1.165) is 22.1 Å². The zero-order valence-electron chi connectivity index (χ0n) is 29.9. The molecule has 1 aliphatic heterocycles. The van der Waals surface area contributed by atoms with Gasteiger partial charge in [0.15, 0.2) is 11.2 Å². The Balaban J connectivity index is 0.00000248. The normalized spacial score (nSPS) is 18.2. The van der Waals surface area contributed by atoms with Gasteiger partial charge < -0.3 is 29.0 Å². The molecular formula is C37H47N6O6PS. The molecule has 5 unspecified atom stereocenters. The molecule has 0 spiro atoms. The van der Waals surface area contributed by atoms with Gasteiger partial charge in [0.2, 0.25) is 11.8 Å². The number of nitrogen functional groups attached to an aromatic ring is 1. The average molecular weight is 735 g/mol. The van der Waals surface area contributed by atoms with Crippen molar-refractivity contribution in [2.24, 2.45) is 5.92 Å². The Labute approximate surface area is 304 Å². The van der Waals surface area contributed by atoms with Crippen molar-refractivity contribution in [1.82, 2.24) is 24.6 Å². The molecule has 0 amide bonds. The maximum absolute atomic E-state index is 13.5. The van der Waals surface area contributed by atoms with E-state index in [1.54, 1.807) is 11.8 Å². The number of aromatic nitrogens is 4. The van der Waals surface area contributed by atoms with Crippen molar-refractivity contribution in [1.29, 1.82) is 0 Å². The molecule has 1 fully saturated rings. The Bertz CT molecular complexity index is 1880. The van der Waals surface area contributed by atoms with Gasteiger partial charge in [-0.2, -0.15) is 21.7 Å². The number of nitrogens with two attached hydrogens (primary N) is 1. The zero-order chi connectivity index (χ0) is 36.3. The van der Waals surface area contributed by atoms with E-state index in [4.69, 9.17) is 29.0 Å². The van der Waals surface area contributed by atoms with Crippen molar-refractivity contribution >= 4 is 54.1 Å². The Kier molecular flexibility index (Phi) is 13.9. The van der Waals surface area contributed by atoms with Gasteiger partial charge in [-0.15, -0.1) is 0 Å². The number of fused-ring (bicyclic) bond motifs is 2. The molecule has 0 aliphatic carbocycles. The highest BCUT2D eigenvalue weighted by atomic mass is 32.2. The summed E-state index contributed by atoms with van der Waals surface area (Å²) in [5, 5.41) is 5.36. The molecule has 5 aromatic rings. The van der Waals surface area contributed by atoms with E-state index >= 15 is 0 Å². The third kappa shape index (κ3) is 9.46. The Hall–Kier alpha value is -4.00. The van der Waals surface area contributed by atoms with Crippen LogP contribution in [0.4, 0.5) is 5.95 Å². The van der Waals surface area contributed by atoms with Gasteiger partial charge in [-0.05, 0) is 48.8 Å². The van der Waals surface area contributed by atoms with Crippen LogP contribution in [-0.4, -0.2) is 63.4 Å². The van der Waals surface area contributed by atoms with Crippen LogP contribution in [0.3, 0.4) is 0 Å². The van der Waals surface area contributed by atoms with E-state index in [0.29, 0.717) is 41.5 Å². The molecule has 0 bridgehead atoms. The summed E-state index contributed by atoms with van der Waals surface area (Å²) in [5.41, 5.74) is 7.99. The van der Waals surface area contributed by atoms with E-state index < -0.39 is 14.6 Å². The van der Waals surface area contributed by atoms with E-state index in [-0.39, 0.29) is 43.4 Å². The van der Waals surface area contributed by atoms with Gasteiger partial charge in [-0.1, -0.05) is 87.5 Å². The van der Waals surface area contributed by atoms with Crippen molar-refractivity contribution < 1.29 is 28.1 Å². The average Bonchev–Trinajstić information content (AvgIpc) is 3.69. The number of thioether (sulfide) groups is 1. The van der Waals surface area contributed by atoms with Crippen LogP contribution in [0.5, 0.6) is 11.6 Å². The summed E-state index contributed by atoms with van der Waals surface area (Å²) in [5.74, 6) is 2.26. The fourth-order valence-corrected chi connectivity index (χ4v) is 7.67. The number of imidazole rings is 1. The molecule has 51 heavy (non-hydrogen) atoms. The molecule has 3 aromatic carbocycles. The molecule has 1 aliphatic rings. The molecule has 5 atom stereocenters. The summed E-state index contributed by atoms with van der Waals surface area (Å²) in [6.45, 7) is 8.42. The quantitative estimate of drug-likeness (QED) is 0.0807. The second-order valence-electron chi connectivity index (χ2n) is 11.8. The molecule has 0 radical (unpaired) electrons. The van der Waals surface area contributed by atoms with Gasteiger partial charge in [0, 0.05) is 11.3 Å². The zero-order valence-corrected chi connectivity index (χ0v) is 31.7. The molecule has 272 valence electrons. The number of methoxy groups -OCH3 is 1. The van der Waals surface area contributed by atoms with Gasteiger partial charge in [0.25, 0.3) is 0 Å². The number of ether oxygens (including phenoxy) is 3. The highest BCUT2D eigenvalue weighted by molar-refractivity contribution is 7.98. The maximum atomic E-state index is 13.5. The van der Waals surface area contributed by atoms with Gasteiger partial charge in [-0.25, -0.2) is 10.1 Å². The summed E-state index contributed by atoms with van der Waals surface area (Å²) in [7, 11) is -0.285. The van der Waals surface area contributed by atoms with Crippen molar-refractivity contribution in [3.63, 3.8) is 0 Å². The predicted molar refractivity (Wildman–Crippen MR) is 204 cm³/mol.